The number of hydrogen-bond acceptors (Lipinski definition) is 5. The third-order valence-corrected chi connectivity index (χ3v) is 4.12. The van der Waals surface area contributed by atoms with Gasteiger partial charge in [-0.25, -0.2) is 8.42 Å². The molecule has 0 unspecified atom stereocenters. The molecule has 0 aliphatic carbocycles. The van der Waals surface area contributed by atoms with Gasteiger partial charge >= 0.3 is 0 Å². The summed E-state index contributed by atoms with van der Waals surface area (Å²) in [6.07, 6.45) is 0.225. The summed E-state index contributed by atoms with van der Waals surface area (Å²) in [7, 11) is -3.95. The molecule has 0 atom stereocenters. The molecule has 130 valence electrons. The number of carbonyl (C=O) groups is 2. The molecule has 1 rings (SSSR count). The van der Waals surface area contributed by atoms with Gasteiger partial charge in [0.2, 0.25) is 15.9 Å². The molecule has 8 heteroatoms. The maximum Gasteiger partial charge on any atom is 0.252 e. The van der Waals surface area contributed by atoms with Crippen LogP contribution >= 0.6 is 0 Å². The van der Waals surface area contributed by atoms with E-state index in [1.165, 1.54) is 12.1 Å². The Kier molecular flexibility index (Phi) is 6.49. The molecule has 1 aromatic rings. The van der Waals surface area contributed by atoms with Gasteiger partial charge in [0, 0.05) is 6.42 Å². The first-order chi connectivity index (χ1) is 11.0. The van der Waals surface area contributed by atoms with Crippen LogP contribution in [0, 0.1) is 16.7 Å². The lowest BCUT2D eigenvalue weighted by Gasteiger charge is -2.17. The third kappa shape index (κ3) is 7.24. The van der Waals surface area contributed by atoms with Crippen molar-refractivity contribution in [3.63, 3.8) is 0 Å². The van der Waals surface area contributed by atoms with Crippen molar-refractivity contribution in [3.8, 4) is 6.07 Å². The summed E-state index contributed by atoms with van der Waals surface area (Å²) < 4.78 is 25.9. The van der Waals surface area contributed by atoms with E-state index in [0.29, 0.717) is 5.56 Å². The predicted molar refractivity (Wildman–Crippen MR) is 89.0 cm³/mol. The van der Waals surface area contributed by atoms with Crippen LogP contribution in [0.1, 0.15) is 38.3 Å². The Morgan fingerprint density at radius 3 is 2.38 bits per heavy atom. The van der Waals surface area contributed by atoms with Gasteiger partial charge in [-0.3, -0.25) is 14.3 Å². The number of sulfonamides is 1. The monoisotopic (exact) mass is 351 g/mol. The van der Waals surface area contributed by atoms with E-state index in [0.717, 1.165) is 0 Å². The van der Waals surface area contributed by atoms with Crippen LogP contribution in [0.2, 0.25) is 0 Å². The van der Waals surface area contributed by atoms with Crippen LogP contribution in [-0.2, 0) is 25.4 Å². The fraction of sp³-hybridized carbons (Fsp3) is 0.438. The number of nitrogens with zero attached hydrogens (tertiary/aromatic N) is 1. The molecule has 0 aliphatic rings. The Hall–Kier alpha value is -2.40. The van der Waals surface area contributed by atoms with Gasteiger partial charge < -0.3 is 5.32 Å². The van der Waals surface area contributed by atoms with Crippen molar-refractivity contribution in [2.45, 2.75) is 32.9 Å². The molecule has 0 aromatic heterocycles. The van der Waals surface area contributed by atoms with Crippen molar-refractivity contribution in [2.75, 3.05) is 6.54 Å². The highest BCUT2D eigenvalue weighted by atomic mass is 32.2. The van der Waals surface area contributed by atoms with E-state index in [2.05, 4.69) is 5.32 Å². The maximum absolute atomic E-state index is 12.0. The first-order valence-electron chi connectivity index (χ1n) is 7.30. The summed E-state index contributed by atoms with van der Waals surface area (Å²) in [6.45, 7) is 5.21. The van der Waals surface area contributed by atoms with E-state index in [9.17, 15) is 18.0 Å². The van der Waals surface area contributed by atoms with Crippen molar-refractivity contribution >= 4 is 21.8 Å². The second-order valence-electron chi connectivity index (χ2n) is 6.57. The van der Waals surface area contributed by atoms with E-state index >= 15 is 0 Å². The topological polar surface area (TPSA) is 116 Å². The average molecular weight is 351 g/mol. The number of rotatable bonds is 6. The highest BCUT2D eigenvalue weighted by Crippen LogP contribution is 2.17. The molecular formula is C16H21N3O4S. The van der Waals surface area contributed by atoms with Crippen LogP contribution in [0.5, 0.6) is 0 Å². The molecule has 2 amide bonds. The van der Waals surface area contributed by atoms with Crippen LogP contribution in [-0.4, -0.2) is 26.8 Å². The summed E-state index contributed by atoms with van der Waals surface area (Å²) in [6, 6.07) is 8.14. The van der Waals surface area contributed by atoms with Crippen molar-refractivity contribution in [1.82, 2.24) is 10.0 Å². The summed E-state index contributed by atoms with van der Waals surface area (Å²) >= 11 is 0. The first kappa shape index (κ1) is 19.6. The van der Waals surface area contributed by atoms with Gasteiger partial charge in [-0.2, -0.15) is 5.26 Å². The minimum atomic E-state index is -3.95. The standard InChI is InChI=1S/C16H21N3O4S/c1-16(2,3)8-14(20)18-10-15(21)19-24(22,23)11-13-7-5-4-6-12(13)9-17/h4-7H,8,10-11H2,1-3H3,(H,18,20)(H,19,21). The number of nitriles is 1. The van der Waals surface area contributed by atoms with Gasteiger partial charge in [-0.05, 0) is 17.0 Å². The van der Waals surface area contributed by atoms with Crippen LogP contribution in [0.25, 0.3) is 0 Å². The van der Waals surface area contributed by atoms with Crippen LogP contribution in [0.3, 0.4) is 0 Å². The molecule has 0 fully saturated rings. The van der Waals surface area contributed by atoms with E-state index in [1.54, 1.807) is 12.1 Å². The Bertz CT molecular complexity index is 758. The fourth-order valence-corrected chi connectivity index (χ4v) is 3.08. The quantitative estimate of drug-likeness (QED) is 0.795. The van der Waals surface area contributed by atoms with Gasteiger partial charge in [0.15, 0.2) is 0 Å². The van der Waals surface area contributed by atoms with Crippen LogP contribution in [0.15, 0.2) is 24.3 Å². The summed E-state index contributed by atoms with van der Waals surface area (Å²) in [4.78, 5) is 23.3. The second kappa shape index (κ2) is 7.93. The predicted octanol–water partition coefficient (Wildman–Crippen LogP) is 1.06. The summed E-state index contributed by atoms with van der Waals surface area (Å²) in [5.41, 5.74) is 0.305. The van der Waals surface area contributed by atoms with E-state index in [1.807, 2.05) is 31.6 Å². The van der Waals surface area contributed by atoms with Gasteiger partial charge in [-0.1, -0.05) is 39.0 Å². The Balaban J connectivity index is 2.60. The normalized spacial score (nSPS) is 11.4. The van der Waals surface area contributed by atoms with Crippen molar-refractivity contribution in [2.24, 2.45) is 5.41 Å². The van der Waals surface area contributed by atoms with Crippen LogP contribution < -0.4 is 10.0 Å². The number of carbonyl (C=O) groups excluding carboxylic acids is 2. The minimum Gasteiger partial charge on any atom is -0.347 e. The Morgan fingerprint density at radius 2 is 1.79 bits per heavy atom. The van der Waals surface area contributed by atoms with E-state index in [-0.39, 0.29) is 23.3 Å². The highest BCUT2D eigenvalue weighted by Gasteiger charge is 2.19. The average Bonchev–Trinajstić information content (AvgIpc) is 2.43. The smallest absolute Gasteiger partial charge is 0.252 e. The molecule has 0 saturated carbocycles. The van der Waals surface area contributed by atoms with Crippen molar-refractivity contribution in [1.29, 1.82) is 5.26 Å². The van der Waals surface area contributed by atoms with Gasteiger partial charge in [0.05, 0.1) is 23.9 Å². The Labute approximate surface area is 142 Å². The minimum absolute atomic E-state index is 0.225. The zero-order chi connectivity index (χ0) is 18.4. The molecule has 0 radical (unpaired) electrons. The van der Waals surface area contributed by atoms with E-state index < -0.39 is 28.2 Å². The molecule has 0 aliphatic heterocycles. The van der Waals surface area contributed by atoms with Crippen molar-refractivity contribution < 1.29 is 18.0 Å². The van der Waals surface area contributed by atoms with Gasteiger partial charge in [0.1, 0.15) is 0 Å². The number of amides is 2. The molecule has 7 nitrogen and oxygen atoms in total. The lowest BCUT2D eigenvalue weighted by atomic mass is 9.92. The lowest BCUT2D eigenvalue weighted by molar-refractivity contribution is -0.126. The third-order valence-electron chi connectivity index (χ3n) is 2.89. The van der Waals surface area contributed by atoms with Crippen LogP contribution in [0.4, 0.5) is 0 Å². The summed E-state index contributed by atoms with van der Waals surface area (Å²) in [5.74, 6) is -1.64. The largest absolute Gasteiger partial charge is 0.347 e. The highest BCUT2D eigenvalue weighted by molar-refractivity contribution is 7.89. The molecule has 0 spiro atoms. The zero-order valence-corrected chi connectivity index (χ0v) is 14.7. The molecular weight excluding hydrogens is 330 g/mol. The number of nitrogens with one attached hydrogen (secondary N) is 2. The second-order valence-corrected chi connectivity index (χ2v) is 8.29. The first-order valence-corrected chi connectivity index (χ1v) is 8.96. The summed E-state index contributed by atoms with van der Waals surface area (Å²) in [5, 5.41) is 11.3. The van der Waals surface area contributed by atoms with E-state index in [4.69, 9.17) is 5.26 Å². The molecule has 0 heterocycles. The fourth-order valence-electron chi connectivity index (χ4n) is 1.93. The van der Waals surface area contributed by atoms with Crippen molar-refractivity contribution in [3.05, 3.63) is 35.4 Å². The molecule has 1 aromatic carbocycles. The Morgan fingerprint density at radius 1 is 1.17 bits per heavy atom. The zero-order valence-electron chi connectivity index (χ0n) is 13.9. The van der Waals surface area contributed by atoms with Gasteiger partial charge in [-0.15, -0.1) is 0 Å². The number of hydrogen-bond donors (Lipinski definition) is 2. The molecule has 2 N–H and O–H groups in total. The maximum atomic E-state index is 12.0. The lowest BCUT2D eigenvalue weighted by Crippen LogP contribution is -2.41. The molecule has 24 heavy (non-hydrogen) atoms. The molecule has 0 saturated heterocycles. The number of benzene rings is 1. The van der Waals surface area contributed by atoms with Gasteiger partial charge in [0.25, 0.3) is 5.91 Å². The molecule has 0 bridgehead atoms. The SMILES string of the molecule is CC(C)(C)CC(=O)NCC(=O)NS(=O)(=O)Cc1ccccc1C#N.